The number of hydrogen-bond donors (Lipinski definition) is 1. The highest BCUT2D eigenvalue weighted by atomic mass is 16.5. The summed E-state index contributed by atoms with van der Waals surface area (Å²) in [6.45, 7) is 3.85. The minimum absolute atomic E-state index is 0.134. The minimum Gasteiger partial charge on any atom is -0.495 e. The van der Waals surface area contributed by atoms with Crippen LogP contribution in [0.2, 0.25) is 0 Å². The summed E-state index contributed by atoms with van der Waals surface area (Å²) in [6.07, 6.45) is 1.16. The average molecular weight is 340 g/mol. The maximum Gasteiger partial charge on any atom is 0.226 e. The van der Waals surface area contributed by atoms with Crippen LogP contribution in [0.1, 0.15) is 25.8 Å². The van der Waals surface area contributed by atoms with Crippen molar-refractivity contribution < 1.29 is 14.3 Å². The summed E-state index contributed by atoms with van der Waals surface area (Å²) in [4.78, 5) is 25.7. The first kappa shape index (κ1) is 18.5. The third-order valence-electron chi connectivity index (χ3n) is 3.96. The van der Waals surface area contributed by atoms with Crippen LogP contribution < -0.4 is 15.0 Å². The van der Waals surface area contributed by atoms with Gasteiger partial charge in [0.2, 0.25) is 11.8 Å². The van der Waals surface area contributed by atoms with Crippen molar-refractivity contribution in [3.63, 3.8) is 0 Å². The summed E-state index contributed by atoms with van der Waals surface area (Å²) in [5, 5.41) is 2.86. The Kier molecular flexibility index (Phi) is 6.57. The summed E-state index contributed by atoms with van der Waals surface area (Å²) in [5.41, 5.74) is 2.64. The first-order valence-electron chi connectivity index (χ1n) is 8.35. The molecule has 0 atom stereocenters. The molecule has 132 valence electrons. The Bertz CT molecular complexity index is 726. The smallest absolute Gasteiger partial charge is 0.226 e. The second-order valence-corrected chi connectivity index (χ2v) is 5.69. The maximum atomic E-state index is 12.2. The molecule has 5 heteroatoms. The lowest BCUT2D eigenvalue weighted by Gasteiger charge is -2.23. The number of aryl methyl sites for hydroxylation is 1. The molecule has 0 aliphatic carbocycles. The van der Waals surface area contributed by atoms with Crippen molar-refractivity contribution in [2.45, 2.75) is 26.7 Å². The van der Waals surface area contributed by atoms with E-state index in [4.69, 9.17) is 4.74 Å². The van der Waals surface area contributed by atoms with E-state index in [-0.39, 0.29) is 24.8 Å². The molecular formula is C20H24N2O3. The normalized spacial score (nSPS) is 10.2. The summed E-state index contributed by atoms with van der Waals surface area (Å²) in [6, 6.07) is 15.0. The maximum absolute atomic E-state index is 12.2. The van der Waals surface area contributed by atoms with Crippen LogP contribution in [0, 0.1) is 0 Å². The van der Waals surface area contributed by atoms with Crippen molar-refractivity contribution in [1.29, 1.82) is 0 Å². The number of benzene rings is 2. The molecule has 2 rings (SSSR count). The third-order valence-corrected chi connectivity index (χ3v) is 3.96. The summed E-state index contributed by atoms with van der Waals surface area (Å²) >= 11 is 0. The quantitative estimate of drug-likeness (QED) is 0.837. The van der Waals surface area contributed by atoms with Crippen molar-refractivity contribution >= 4 is 23.2 Å². The molecular weight excluding hydrogens is 316 g/mol. The van der Waals surface area contributed by atoms with Gasteiger partial charge in [0.05, 0.1) is 12.8 Å². The van der Waals surface area contributed by atoms with Crippen LogP contribution in [0.15, 0.2) is 48.5 Å². The van der Waals surface area contributed by atoms with Crippen molar-refractivity contribution in [1.82, 2.24) is 0 Å². The molecule has 0 unspecified atom stereocenters. The van der Waals surface area contributed by atoms with Gasteiger partial charge in [-0.3, -0.25) is 9.59 Å². The van der Waals surface area contributed by atoms with Gasteiger partial charge >= 0.3 is 0 Å². The Morgan fingerprint density at radius 2 is 1.76 bits per heavy atom. The predicted octanol–water partition coefficient (Wildman–Crippen LogP) is 3.64. The monoisotopic (exact) mass is 340 g/mol. The van der Waals surface area contributed by atoms with E-state index in [9.17, 15) is 9.59 Å². The number of hydrogen-bond acceptors (Lipinski definition) is 3. The molecule has 0 aliphatic rings. The number of ether oxygens (including phenoxy) is 1. The molecule has 5 nitrogen and oxygen atoms in total. The fourth-order valence-electron chi connectivity index (χ4n) is 2.56. The Balaban J connectivity index is 2.00. The van der Waals surface area contributed by atoms with Gasteiger partial charge in [0.1, 0.15) is 5.75 Å². The van der Waals surface area contributed by atoms with Crippen LogP contribution in [-0.2, 0) is 16.0 Å². The van der Waals surface area contributed by atoms with E-state index in [1.165, 1.54) is 12.5 Å². The fraction of sp³-hybridized carbons (Fsp3) is 0.300. The van der Waals surface area contributed by atoms with Gasteiger partial charge in [-0.05, 0) is 36.2 Å². The number of carbonyl (C=O) groups is 2. The van der Waals surface area contributed by atoms with E-state index in [0.29, 0.717) is 11.4 Å². The molecule has 0 fully saturated rings. The number of para-hydroxylation sites is 2. The topological polar surface area (TPSA) is 58.6 Å². The van der Waals surface area contributed by atoms with Gasteiger partial charge < -0.3 is 15.0 Å². The van der Waals surface area contributed by atoms with E-state index >= 15 is 0 Å². The van der Waals surface area contributed by atoms with Gasteiger partial charge in [-0.25, -0.2) is 0 Å². The SMILES string of the molecule is CCc1ccc(NC(=O)CCN(C(C)=O)c2ccccc2OC)cc1. The van der Waals surface area contributed by atoms with E-state index in [1.54, 1.807) is 18.1 Å². The molecule has 0 aliphatic heterocycles. The number of nitrogens with one attached hydrogen (secondary N) is 1. The molecule has 0 radical (unpaired) electrons. The Labute approximate surface area is 148 Å². The Hall–Kier alpha value is -2.82. The zero-order chi connectivity index (χ0) is 18.2. The molecule has 2 aromatic rings. The van der Waals surface area contributed by atoms with E-state index in [1.807, 2.05) is 42.5 Å². The lowest BCUT2D eigenvalue weighted by atomic mass is 10.1. The molecule has 25 heavy (non-hydrogen) atoms. The Morgan fingerprint density at radius 1 is 1.08 bits per heavy atom. The molecule has 0 saturated heterocycles. The van der Waals surface area contributed by atoms with Crippen LogP contribution in [-0.4, -0.2) is 25.5 Å². The van der Waals surface area contributed by atoms with Gasteiger partial charge in [-0.15, -0.1) is 0 Å². The number of carbonyl (C=O) groups excluding carboxylic acids is 2. The molecule has 2 aromatic carbocycles. The number of amides is 2. The van der Waals surface area contributed by atoms with Gasteiger partial charge in [0.15, 0.2) is 0 Å². The van der Waals surface area contributed by atoms with Crippen LogP contribution in [0.25, 0.3) is 0 Å². The summed E-state index contributed by atoms with van der Waals surface area (Å²) < 4.78 is 5.31. The average Bonchev–Trinajstić information content (AvgIpc) is 2.62. The molecule has 0 heterocycles. The van der Waals surface area contributed by atoms with Crippen molar-refractivity contribution in [3.05, 3.63) is 54.1 Å². The molecule has 0 bridgehead atoms. The number of methoxy groups -OCH3 is 1. The van der Waals surface area contributed by atoms with Gasteiger partial charge in [0.25, 0.3) is 0 Å². The van der Waals surface area contributed by atoms with Crippen LogP contribution in [0.4, 0.5) is 11.4 Å². The standard InChI is InChI=1S/C20H24N2O3/c1-4-16-9-11-17(12-10-16)21-20(24)13-14-22(15(2)23)18-7-5-6-8-19(18)25-3/h5-12H,4,13-14H2,1-3H3,(H,21,24). The van der Waals surface area contributed by atoms with E-state index in [2.05, 4.69) is 12.2 Å². The number of rotatable bonds is 7. The van der Waals surface area contributed by atoms with Crippen molar-refractivity contribution in [2.75, 3.05) is 23.9 Å². The lowest BCUT2D eigenvalue weighted by Crippen LogP contribution is -2.32. The first-order valence-corrected chi connectivity index (χ1v) is 8.35. The second-order valence-electron chi connectivity index (χ2n) is 5.69. The largest absolute Gasteiger partial charge is 0.495 e. The van der Waals surface area contributed by atoms with Crippen LogP contribution in [0.5, 0.6) is 5.75 Å². The van der Waals surface area contributed by atoms with Gasteiger partial charge in [0, 0.05) is 25.6 Å². The van der Waals surface area contributed by atoms with Crippen molar-refractivity contribution in [2.24, 2.45) is 0 Å². The van der Waals surface area contributed by atoms with Gasteiger partial charge in [-0.1, -0.05) is 31.2 Å². The number of anilines is 2. The Morgan fingerprint density at radius 3 is 2.36 bits per heavy atom. The van der Waals surface area contributed by atoms with E-state index < -0.39 is 0 Å². The van der Waals surface area contributed by atoms with Crippen LogP contribution in [0.3, 0.4) is 0 Å². The molecule has 0 spiro atoms. The highest BCUT2D eigenvalue weighted by molar-refractivity contribution is 5.95. The lowest BCUT2D eigenvalue weighted by molar-refractivity contribution is -0.117. The highest BCUT2D eigenvalue weighted by Crippen LogP contribution is 2.27. The van der Waals surface area contributed by atoms with Gasteiger partial charge in [-0.2, -0.15) is 0 Å². The van der Waals surface area contributed by atoms with Crippen LogP contribution >= 0.6 is 0 Å². The first-order chi connectivity index (χ1) is 12.0. The zero-order valence-electron chi connectivity index (χ0n) is 14.9. The summed E-state index contributed by atoms with van der Waals surface area (Å²) in [7, 11) is 1.56. The highest BCUT2D eigenvalue weighted by Gasteiger charge is 2.17. The third kappa shape index (κ3) is 5.08. The summed E-state index contributed by atoms with van der Waals surface area (Å²) in [5.74, 6) is 0.336. The second kappa shape index (κ2) is 8.87. The fourth-order valence-corrected chi connectivity index (χ4v) is 2.56. The van der Waals surface area contributed by atoms with Crippen molar-refractivity contribution in [3.8, 4) is 5.75 Å². The predicted molar refractivity (Wildman–Crippen MR) is 100 cm³/mol. The zero-order valence-corrected chi connectivity index (χ0v) is 14.9. The molecule has 1 N–H and O–H groups in total. The van der Waals surface area contributed by atoms with E-state index in [0.717, 1.165) is 12.1 Å². The minimum atomic E-state index is -0.135. The number of nitrogens with zero attached hydrogens (tertiary/aromatic N) is 1. The molecule has 0 aromatic heterocycles. The molecule has 0 saturated carbocycles. The molecule has 2 amide bonds.